The van der Waals surface area contributed by atoms with E-state index in [-0.39, 0.29) is 11.9 Å². The molecule has 1 aliphatic rings. The quantitative estimate of drug-likeness (QED) is 0.621. The van der Waals surface area contributed by atoms with Crippen LogP contribution in [-0.2, 0) is 30.2 Å². The van der Waals surface area contributed by atoms with Crippen molar-refractivity contribution < 1.29 is 13.2 Å². The van der Waals surface area contributed by atoms with Gasteiger partial charge in [0.25, 0.3) is 5.91 Å². The number of benzene rings is 2. The third kappa shape index (κ3) is 4.61. The summed E-state index contributed by atoms with van der Waals surface area (Å²) in [5.41, 5.74) is 3.14. The molecule has 2 atom stereocenters. The van der Waals surface area contributed by atoms with Gasteiger partial charge in [-0.2, -0.15) is 9.40 Å². The number of carbonyl (C=O) groups excluding carboxylic acids is 1. The van der Waals surface area contributed by atoms with Gasteiger partial charge in [0.15, 0.2) is 0 Å². The molecule has 1 saturated heterocycles. The summed E-state index contributed by atoms with van der Waals surface area (Å²) in [6.45, 7) is 2.64. The second-order valence-electron chi connectivity index (χ2n) is 8.24. The topological polar surface area (TPSA) is 84.3 Å². The summed E-state index contributed by atoms with van der Waals surface area (Å²) in [4.78, 5) is 12.5. The Morgan fingerprint density at radius 3 is 2.44 bits per heavy atom. The van der Waals surface area contributed by atoms with Gasteiger partial charge >= 0.3 is 0 Å². The van der Waals surface area contributed by atoms with Gasteiger partial charge < -0.3 is 5.32 Å². The summed E-state index contributed by atoms with van der Waals surface area (Å²) in [5, 5.41) is 6.45. The maximum atomic E-state index is 13.4. The van der Waals surface area contributed by atoms with Crippen molar-refractivity contribution in [3.8, 4) is 0 Å². The van der Waals surface area contributed by atoms with Crippen LogP contribution in [0.5, 0.6) is 0 Å². The maximum absolute atomic E-state index is 13.4. The number of amides is 1. The average Bonchev–Trinajstić information content (AvgIpc) is 3.20. The molecule has 168 valence electrons. The minimum Gasteiger partial charge on any atom is -0.346 e. The zero-order valence-corrected chi connectivity index (χ0v) is 19.1. The monoisotopic (exact) mass is 452 g/mol. The molecule has 3 aromatic rings. The van der Waals surface area contributed by atoms with E-state index in [2.05, 4.69) is 10.4 Å². The Labute approximate surface area is 189 Å². The van der Waals surface area contributed by atoms with Crippen molar-refractivity contribution in [3.63, 3.8) is 0 Å². The van der Waals surface area contributed by atoms with Gasteiger partial charge in [0.2, 0.25) is 10.0 Å². The highest BCUT2D eigenvalue weighted by atomic mass is 32.2. The number of hydrogen-bond acceptors (Lipinski definition) is 4. The van der Waals surface area contributed by atoms with Crippen LogP contribution in [-0.4, -0.2) is 34.5 Å². The average molecular weight is 453 g/mol. The molecule has 0 radical (unpaired) electrons. The van der Waals surface area contributed by atoms with Gasteiger partial charge in [-0.25, -0.2) is 8.42 Å². The first-order chi connectivity index (χ1) is 15.4. The molecule has 2 aromatic carbocycles. The Balaban J connectivity index is 1.45. The van der Waals surface area contributed by atoms with E-state index in [1.807, 2.05) is 62.5 Å². The van der Waals surface area contributed by atoms with Crippen molar-refractivity contribution in [1.82, 2.24) is 19.4 Å². The molecule has 8 heteroatoms. The van der Waals surface area contributed by atoms with E-state index >= 15 is 0 Å². The molecule has 1 unspecified atom stereocenters. The van der Waals surface area contributed by atoms with Crippen molar-refractivity contribution in [3.05, 3.63) is 89.2 Å². The normalized spacial score (nSPS) is 20.7. The van der Waals surface area contributed by atoms with Crippen LogP contribution in [0.4, 0.5) is 0 Å². The highest BCUT2D eigenvalue weighted by Gasteiger charge is 2.40. The number of aryl methyl sites for hydroxylation is 1. The minimum absolute atomic E-state index is 0.0677. The van der Waals surface area contributed by atoms with Crippen LogP contribution < -0.4 is 5.32 Å². The van der Waals surface area contributed by atoms with Crippen molar-refractivity contribution >= 4 is 15.9 Å². The van der Waals surface area contributed by atoms with Gasteiger partial charge in [0.1, 0.15) is 5.25 Å². The second kappa shape index (κ2) is 9.26. The third-order valence-electron chi connectivity index (χ3n) is 6.10. The fraction of sp³-hybridized carbons (Fsp3) is 0.333. The first-order valence-corrected chi connectivity index (χ1v) is 12.3. The molecule has 32 heavy (non-hydrogen) atoms. The van der Waals surface area contributed by atoms with E-state index in [4.69, 9.17) is 0 Å². The van der Waals surface area contributed by atoms with E-state index in [1.165, 1.54) is 0 Å². The molecular formula is C24H28N4O3S. The number of sulfonamides is 1. The molecule has 1 fully saturated rings. The zero-order chi connectivity index (χ0) is 22.7. The molecule has 7 nitrogen and oxygen atoms in total. The van der Waals surface area contributed by atoms with Gasteiger partial charge in [-0.1, -0.05) is 42.5 Å². The van der Waals surface area contributed by atoms with Crippen molar-refractivity contribution in [2.45, 2.75) is 44.1 Å². The number of hydrogen-bond donors (Lipinski definition) is 1. The largest absolute Gasteiger partial charge is 0.346 e. The number of rotatable bonds is 6. The van der Waals surface area contributed by atoms with Gasteiger partial charge in [0, 0.05) is 31.4 Å². The van der Waals surface area contributed by atoms with E-state index in [0.29, 0.717) is 25.1 Å². The number of carbonyl (C=O) groups is 1. The Hall–Kier alpha value is -2.97. The van der Waals surface area contributed by atoms with Crippen LogP contribution in [0.1, 0.15) is 52.2 Å². The van der Waals surface area contributed by atoms with Crippen molar-refractivity contribution in [2.75, 3.05) is 0 Å². The highest BCUT2D eigenvalue weighted by Crippen LogP contribution is 2.37. The first kappa shape index (κ1) is 22.2. The molecule has 0 saturated carbocycles. The van der Waals surface area contributed by atoms with Crippen LogP contribution in [0, 0.1) is 0 Å². The molecule has 0 spiro atoms. The van der Waals surface area contributed by atoms with E-state index in [0.717, 1.165) is 23.2 Å². The van der Waals surface area contributed by atoms with E-state index in [1.54, 1.807) is 27.3 Å². The van der Waals surface area contributed by atoms with Gasteiger partial charge in [-0.3, -0.25) is 9.48 Å². The maximum Gasteiger partial charge on any atom is 0.251 e. The smallest absolute Gasteiger partial charge is 0.251 e. The summed E-state index contributed by atoms with van der Waals surface area (Å²) in [6, 6.07) is 18.3. The number of aromatic nitrogens is 2. The fourth-order valence-corrected chi connectivity index (χ4v) is 6.34. The molecule has 1 N–H and O–H groups in total. The SMILES string of the molecule is C[C@H]1CCC(c2ccccc2)S(=O)(=O)N1Cc1ccc(C(=O)NCc2ccnn2C)cc1. The van der Waals surface area contributed by atoms with Crippen LogP contribution in [0.15, 0.2) is 66.9 Å². The number of nitrogens with one attached hydrogen (secondary N) is 1. The predicted octanol–water partition coefficient (Wildman–Crippen LogP) is 3.41. The fourth-order valence-electron chi connectivity index (χ4n) is 4.14. The molecule has 0 aliphatic carbocycles. The van der Waals surface area contributed by atoms with E-state index < -0.39 is 15.3 Å². The lowest BCUT2D eigenvalue weighted by Crippen LogP contribution is -2.44. The molecule has 1 aromatic heterocycles. The van der Waals surface area contributed by atoms with Gasteiger partial charge in [-0.15, -0.1) is 0 Å². The summed E-state index contributed by atoms with van der Waals surface area (Å²) in [7, 11) is -1.66. The minimum atomic E-state index is -3.48. The van der Waals surface area contributed by atoms with Crippen molar-refractivity contribution in [2.24, 2.45) is 7.05 Å². The highest BCUT2D eigenvalue weighted by molar-refractivity contribution is 7.89. The molecule has 2 heterocycles. The van der Waals surface area contributed by atoms with Crippen LogP contribution in [0.3, 0.4) is 0 Å². The molecule has 1 aliphatic heterocycles. The Bertz CT molecular complexity index is 1170. The lowest BCUT2D eigenvalue weighted by atomic mass is 10.0. The Kier molecular flexibility index (Phi) is 6.43. The van der Waals surface area contributed by atoms with Crippen LogP contribution in [0.25, 0.3) is 0 Å². The standard InChI is InChI=1S/C24H28N4O3S/c1-18-8-13-23(20-6-4-3-5-7-20)32(30,31)28(18)17-19-9-11-21(12-10-19)24(29)25-16-22-14-15-26-27(22)2/h3-7,9-12,14-15,18,23H,8,13,16-17H2,1-2H3,(H,25,29)/t18-,23?/m0/s1. The Morgan fingerprint density at radius 1 is 1.06 bits per heavy atom. The molecule has 1 amide bonds. The lowest BCUT2D eigenvalue weighted by molar-refractivity contribution is 0.0950. The zero-order valence-electron chi connectivity index (χ0n) is 18.3. The van der Waals surface area contributed by atoms with Gasteiger partial charge in [-0.05, 0) is 49.1 Å². The van der Waals surface area contributed by atoms with Crippen molar-refractivity contribution in [1.29, 1.82) is 0 Å². The van der Waals surface area contributed by atoms with E-state index in [9.17, 15) is 13.2 Å². The van der Waals surface area contributed by atoms with Gasteiger partial charge in [0.05, 0.1) is 12.2 Å². The molecule has 0 bridgehead atoms. The summed E-state index contributed by atoms with van der Waals surface area (Å²) < 4.78 is 30.1. The lowest BCUT2D eigenvalue weighted by Gasteiger charge is -2.37. The van der Waals surface area contributed by atoms with Crippen LogP contribution >= 0.6 is 0 Å². The van der Waals surface area contributed by atoms with Crippen LogP contribution in [0.2, 0.25) is 0 Å². The second-order valence-corrected chi connectivity index (χ2v) is 10.3. The third-order valence-corrected chi connectivity index (χ3v) is 8.47. The summed E-state index contributed by atoms with van der Waals surface area (Å²) >= 11 is 0. The molecule has 4 rings (SSSR count). The number of nitrogens with zero attached hydrogens (tertiary/aromatic N) is 3. The summed E-state index contributed by atoms with van der Waals surface area (Å²) in [5.74, 6) is -0.180. The predicted molar refractivity (Wildman–Crippen MR) is 123 cm³/mol. The molecular weight excluding hydrogens is 424 g/mol. The Morgan fingerprint density at radius 2 is 1.78 bits per heavy atom. The summed E-state index contributed by atoms with van der Waals surface area (Å²) in [6.07, 6.45) is 3.13. The first-order valence-electron chi connectivity index (χ1n) is 10.8.